The van der Waals surface area contributed by atoms with E-state index in [1.807, 2.05) is 0 Å². The summed E-state index contributed by atoms with van der Waals surface area (Å²) in [4.78, 5) is 50.3. The van der Waals surface area contributed by atoms with Gasteiger partial charge in [0.1, 0.15) is 11.3 Å². The number of amides is 1. The number of para-hydroxylation sites is 1. The summed E-state index contributed by atoms with van der Waals surface area (Å²) >= 11 is 0. The van der Waals surface area contributed by atoms with Gasteiger partial charge in [0, 0.05) is 34.4 Å². The first-order valence-corrected chi connectivity index (χ1v) is 9.58. The van der Waals surface area contributed by atoms with E-state index in [-0.39, 0.29) is 22.3 Å². The molecule has 0 saturated heterocycles. The Hall–Kier alpha value is -3.66. The number of rotatable bonds is 7. The molecule has 1 N–H and O–H groups in total. The lowest BCUT2D eigenvalue weighted by Gasteiger charge is -2.14. The molecule has 0 atom stereocenters. The van der Waals surface area contributed by atoms with Gasteiger partial charge in [-0.1, -0.05) is 12.1 Å². The van der Waals surface area contributed by atoms with E-state index in [0.717, 1.165) is 4.57 Å². The van der Waals surface area contributed by atoms with E-state index in [9.17, 15) is 19.2 Å². The van der Waals surface area contributed by atoms with Crippen LogP contribution in [-0.4, -0.2) is 46.4 Å². The molecule has 0 aliphatic rings. The van der Waals surface area contributed by atoms with E-state index in [4.69, 9.17) is 9.47 Å². The number of hydrogen-bond donors (Lipinski definition) is 1. The number of methoxy groups -OCH3 is 2. The van der Waals surface area contributed by atoms with Crippen LogP contribution in [0.3, 0.4) is 0 Å². The van der Waals surface area contributed by atoms with E-state index < -0.39 is 23.1 Å². The van der Waals surface area contributed by atoms with Gasteiger partial charge >= 0.3 is 11.7 Å². The maximum Gasteiger partial charge on any atom is 0.339 e. The van der Waals surface area contributed by atoms with Crippen molar-refractivity contribution in [3.8, 4) is 0 Å². The molecule has 0 fully saturated rings. The molecule has 2 aromatic heterocycles. The second kappa shape index (κ2) is 9.00. The fraction of sp³-hybridized carbons (Fsp3) is 0.333. The van der Waals surface area contributed by atoms with Gasteiger partial charge in [0.2, 0.25) is 0 Å². The summed E-state index contributed by atoms with van der Waals surface area (Å²) in [6, 6.07) is 7.91. The molecule has 3 rings (SSSR count). The largest absolute Gasteiger partial charge is 0.465 e. The molecule has 0 bridgehead atoms. The molecule has 0 saturated carbocycles. The third-order valence-corrected chi connectivity index (χ3v) is 5.04. The first kappa shape index (κ1) is 22.0. The third kappa shape index (κ3) is 4.02. The van der Waals surface area contributed by atoms with Crippen molar-refractivity contribution >= 4 is 28.6 Å². The normalized spacial score (nSPS) is 11.0. The van der Waals surface area contributed by atoms with Gasteiger partial charge in [0.25, 0.3) is 11.5 Å². The van der Waals surface area contributed by atoms with Crippen molar-refractivity contribution in [1.29, 1.82) is 0 Å². The van der Waals surface area contributed by atoms with Gasteiger partial charge in [0.15, 0.2) is 0 Å². The van der Waals surface area contributed by atoms with Crippen LogP contribution in [0.5, 0.6) is 0 Å². The number of anilines is 1. The number of nitrogens with one attached hydrogen (secondary N) is 1. The molecule has 3 aromatic rings. The first-order chi connectivity index (χ1) is 14.8. The van der Waals surface area contributed by atoms with Crippen molar-refractivity contribution in [3.05, 3.63) is 62.4 Å². The molecule has 10 heteroatoms. The summed E-state index contributed by atoms with van der Waals surface area (Å²) in [5, 5.41) is 2.96. The molecular weight excluding hydrogens is 404 g/mol. The summed E-state index contributed by atoms with van der Waals surface area (Å²) in [6.07, 6.45) is 0.558. The number of benzene rings is 1. The van der Waals surface area contributed by atoms with E-state index >= 15 is 0 Å². The molecule has 0 aliphatic heterocycles. The molecule has 0 spiro atoms. The summed E-state index contributed by atoms with van der Waals surface area (Å²) in [5.74, 6) is -1.12. The van der Waals surface area contributed by atoms with Gasteiger partial charge in [-0.3, -0.25) is 18.7 Å². The van der Waals surface area contributed by atoms with Crippen LogP contribution in [0, 0.1) is 0 Å². The van der Waals surface area contributed by atoms with Gasteiger partial charge in [-0.2, -0.15) is 0 Å². The Bertz CT molecular complexity index is 1270. The fourth-order valence-corrected chi connectivity index (χ4v) is 3.49. The Kier molecular flexibility index (Phi) is 6.40. The molecule has 2 heterocycles. The number of nitrogens with zero attached hydrogens (tertiary/aromatic N) is 3. The number of esters is 1. The number of carbonyl (C=O) groups is 2. The lowest BCUT2D eigenvalue weighted by atomic mass is 10.1. The van der Waals surface area contributed by atoms with Crippen molar-refractivity contribution in [2.45, 2.75) is 13.0 Å². The Labute approximate surface area is 177 Å². The van der Waals surface area contributed by atoms with Crippen LogP contribution in [0.4, 0.5) is 5.69 Å². The van der Waals surface area contributed by atoms with Crippen LogP contribution >= 0.6 is 0 Å². The summed E-state index contributed by atoms with van der Waals surface area (Å²) in [6.45, 7) is 0.782. The third-order valence-electron chi connectivity index (χ3n) is 5.04. The number of aryl methyl sites for hydroxylation is 2. The van der Waals surface area contributed by atoms with E-state index in [1.54, 1.807) is 36.9 Å². The maximum atomic E-state index is 13.2. The Balaban J connectivity index is 2.14. The molecule has 0 radical (unpaired) electrons. The highest BCUT2D eigenvalue weighted by Crippen LogP contribution is 2.21. The molecule has 1 aromatic carbocycles. The smallest absolute Gasteiger partial charge is 0.339 e. The highest BCUT2D eigenvalue weighted by atomic mass is 16.5. The minimum atomic E-state index is -0.590. The fourth-order valence-electron chi connectivity index (χ4n) is 3.49. The Morgan fingerprint density at radius 2 is 1.77 bits per heavy atom. The summed E-state index contributed by atoms with van der Waals surface area (Å²) < 4.78 is 13.8. The van der Waals surface area contributed by atoms with Crippen LogP contribution in [0.2, 0.25) is 0 Å². The predicted molar refractivity (Wildman–Crippen MR) is 115 cm³/mol. The second-order valence-corrected chi connectivity index (χ2v) is 6.96. The zero-order valence-corrected chi connectivity index (χ0v) is 17.8. The molecule has 31 heavy (non-hydrogen) atoms. The van der Waals surface area contributed by atoms with E-state index in [1.165, 1.54) is 30.9 Å². The standard InChI is InChI=1S/C21H24N4O6/c1-23-18-14(19(27)24(2)21(23)29)12-16(25(18)10-7-11-30-3)17(26)22-15-9-6-5-8-13(15)20(28)31-4/h5-6,8-9,12H,7,10-11H2,1-4H3,(H,22,26). The van der Waals surface area contributed by atoms with Gasteiger partial charge in [-0.15, -0.1) is 0 Å². The average Bonchev–Trinajstić information content (AvgIpc) is 3.16. The molecule has 164 valence electrons. The molecule has 1 amide bonds. The van der Waals surface area contributed by atoms with Gasteiger partial charge in [0.05, 0.1) is 23.7 Å². The number of aromatic nitrogens is 3. The van der Waals surface area contributed by atoms with Crippen molar-refractivity contribution in [3.63, 3.8) is 0 Å². The summed E-state index contributed by atoms with van der Waals surface area (Å²) in [5.41, 5.74) is 0.0115. The zero-order chi connectivity index (χ0) is 22.7. The van der Waals surface area contributed by atoms with Crippen molar-refractivity contribution in [1.82, 2.24) is 13.7 Å². The SMILES string of the molecule is COCCCn1c(C(=O)Nc2ccccc2C(=O)OC)cc2c(=O)n(C)c(=O)n(C)c21. The first-order valence-electron chi connectivity index (χ1n) is 9.58. The Morgan fingerprint density at radius 1 is 1.06 bits per heavy atom. The van der Waals surface area contributed by atoms with Crippen molar-refractivity contribution in [2.24, 2.45) is 14.1 Å². The van der Waals surface area contributed by atoms with Crippen LogP contribution in [0.15, 0.2) is 39.9 Å². The minimum Gasteiger partial charge on any atom is -0.465 e. The minimum absolute atomic E-state index is 0.184. The van der Waals surface area contributed by atoms with Crippen LogP contribution < -0.4 is 16.6 Å². The monoisotopic (exact) mass is 428 g/mol. The number of hydrogen-bond acceptors (Lipinski definition) is 6. The quantitative estimate of drug-likeness (QED) is 0.446. The van der Waals surface area contributed by atoms with Crippen molar-refractivity contribution < 1.29 is 19.1 Å². The van der Waals surface area contributed by atoms with Gasteiger partial charge in [-0.05, 0) is 24.6 Å². The highest BCUT2D eigenvalue weighted by molar-refractivity contribution is 6.09. The topological polar surface area (TPSA) is 114 Å². The van der Waals surface area contributed by atoms with Crippen LogP contribution in [0.25, 0.3) is 11.0 Å². The maximum absolute atomic E-state index is 13.2. The lowest BCUT2D eigenvalue weighted by Crippen LogP contribution is -2.37. The number of carbonyl (C=O) groups excluding carboxylic acids is 2. The zero-order valence-electron chi connectivity index (χ0n) is 17.8. The highest BCUT2D eigenvalue weighted by Gasteiger charge is 2.22. The second-order valence-electron chi connectivity index (χ2n) is 6.96. The number of fused-ring (bicyclic) bond motifs is 1. The van der Waals surface area contributed by atoms with Gasteiger partial charge < -0.3 is 19.4 Å². The van der Waals surface area contributed by atoms with Crippen molar-refractivity contribution in [2.75, 3.05) is 26.1 Å². The van der Waals surface area contributed by atoms with Crippen LogP contribution in [-0.2, 0) is 30.1 Å². The Morgan fingerprint density at radius 3 is 2.45 bits per heavy atom. The van der Waals surface area contributed by atoms with Crippen LogP contribution in [0.1, 0.15) is 27.3 Å². The average molecular weight is 428 g/mol. The number of ether oxygens (including phenoxy) is 2. The lowest BCUT2D eigenvalue weighted by molar-refractivity contribution is 0.0602. The van der Waals surface area contributed by atoms with E-state index in [2.05, 4.69) is 5.32 Å². The van der Waals surface area contributed by atoms with E-state index in [0.29, 0.717) is 25.2 Å². The molecule has 0 unspecified atom stereocenters. The molecule has 10 nitrogen and oxygen atoms in total. The predicted octanol–water partition coefficient (Wildman–Crippen LogP) is 1.11. The van der Waals surface area contributed by atoms with Gasteiger partial charge in [-0.25, -0.2) is 9.59 Å². The summed E-state index contributed by atoms with van der Waals surface area (Å²) in [7, 11) is 5.76. The molecule has 0 aliphatic carbocycles. The molecular formula is C21H24N4O6.